The van der Waals surface area contributed by atoms with E-state index in [9.17, 15) is 8.42 Å². The van der Waals surface area contributed by atoms with Gasteiger partial charge in [0.05, 0.1) is 4.90 Å². The van der Waals surface area contributed by atoms with Crippen LogP contribution in [0.1, 0.15) is 12.6 Å². The zero-order valence-electron chi connectivity index (χ0n) is 10.00. The van der Waals surface area contributed by atoms with Crippen molar-refractivity contribution >= 4 is 10.0 Å². The molecule has 2 N–H and O–H groups in total. The minimum atomic E-state index is -3.63. The Labute approximate surface area is 107 Å². The fourth-order valence-corrected chi connectivity index (χ4v) is 2.32. The van der Waals surface area contributed by atoms with Crippen LogP contribution in [-0.2, 0) is 16.4 Å². The van der Waals surface area contributed by atoms with Gasteiger partial charge in [-0.1, -0.05) is 25.1 Å². The molecule has 0 aliphatic heterocycles. The van der Waals surface area contributed by atoms with Crippen LogP contribution >= 0.6 is 0 Å². The molecule has 1 aromatic carbocycles. The Morgan fingerprint density at radius 3 is 2.39 bits per heavy atom. The molecule has 18 heavy (non-hydrogen) atoms. The third-order valence-electron chi connectivity index (χ3n) is 2.72. The Hall–Kier alpha value is -1.72. The molecule has 0 aliphatic rings. The van der Waals surface area contributed by atoms with E-state index in [4.69, 9.17) is 5.14 Å². The van der Waals surface area contributed by atoms with E-state index in [0.29, 0.717) is 0 Å². The number of aromatic nitrogens is 1. The largest absolute Gasteiger partial charge is 0.261 e. The minimum Gasteiger partial charge on any atom is -0.261 e. The fourth-order valence-electron chi connectivity index (χ4n) is 1.81. The normalized spacial score (nSPS) is 11.4. The maximum absolute atomic E-state index is 11.2. The Balaban J connectivity index is 2.47. The summed E-state index contributed by atoms with van der Waals surface area (Å²) in [5.74, 6) is 0. The smallest absolute Gasteiger partial charge is 0.238 e. The molecule has 0 radical (unpaired) electrons. The average Bonchev–Trinajstić information content (AvgIpc) is 2.38. The molecule has 4 nitrogen and oxygen atoms in total. The molecule has 0 saturated heterocycles. The summed E-state index contributed by atoms with van der Waals surface area (Å²) in [6, 6.07) is 10.3. The van der Waals surface area contributed by atoms with Gasteiger partial charge in [0.1, 0.15) is 0 Å². The van der Waals surface area contributed by atoms with Crippen molar-refractivity contribution in [3.8, 4) is 11.1 Å². The second kappa shape index (κ2) is 4.88. The van der Waals surface area contributed by atoms with Crippen LogP contribution in [0.2, 0.25) is 0 Å². The molecule has 0 aliphatic carbocycles. The third-order valence-corrected chi connectivity index (χ3v) is 3.65. The highest BCUT2D eigenvalue weighted by Gasteiger charge is 2.09. The first kappa shape index (κ1) is 12.7. The van der Waals surface area contributed by atoms with Gasteiger partial charge in [0.25, 0.3) is 0 Å². The van der Waals surface area contributed by atoms with Crippen molar-refractivity contribution in [3.63, 3.8) is 0 Å². The molecule has 0 atom stereocenters. The van der Waals surface area contributed by atoms with Gasteiger partial charge in [-0.3, -0.25) is 4.98 Å². The fraction of sp³-hybridized carbons (Fsp3) is 0.154. The quantitative estimate of drug-likeness (QED) is 0.919. The van der Waals surface area contributed by atoms with E-state index in [0.717, 1.165) is 23.2 Å². The molecule has 2 aromatic rings. The van der Waals surface area contributed by atoms with Crippen molar-refractivity contribution in [1.82, 2.24) is 4.98 Å². The molecule has 0 saturated carbocycles. The third kappa shape index (κ3) is 2.57. The van der Waals surface area contributed by atoms with E-state index in [2.05, 4.69) is 4.98 Å². The summed E-state index contributed by atoms with van der Waals surface area (Å²) in [6.45, 7) is 2.03. The highest BCUT2D eigenvalue weighted by Crippen LogP contribution is 2.23. The lowest BCUT2D eigenvalue weighted by Crippen LogP contribution is -2.11. The van der Waals surface area contributed by atoms with Crippen LogP contribution in [-0.4, -0.2) is 13.4 Å². The second-order valence-electron chi connectivity index (χ2n) is 3.92. The number of nitrogens with two attached hydrogens (primary N) is 1. The zero-order chi connectivity index (χ0) is 13.2. The van der Waals surface area contributed by atoms with Crippen LogP contribution in [0.25, 0.3) is 11.1 Å². The Morgan fingerprint density at radius 2 is 1.83 bits per heavy atom. The van der Waals surface area contributed by atoms with Gasteiger partial charge in [-0.2, -0.15) is 0 Å². The standard InChI is InChI=1S/C13H14N2O2S/c1-2-13-12(4-3-9-15-13)10-5-7-11(8-6-10)18(14,16)17/h3-9H,2H2,1H3,(H2,14,16,17). The van der Waals surface area contributed by atoms with Crippen LogP contribution in [0.15, 0.2) is 47.5 Å². The highest BCUT2D eigenvalue weighted by molar-refractivity contribution is 7.89. The molecule has 0 bridgehead atoms. The number of primary sulfonamides is 1. The number of sulfonamides is 1. The summed E-state index contributed by atoms with van der Waals surface area (Å²) in [7, 11) is -3.63. The molecular formula is C13H14N2O2S. The van der Waals surface area contributed by atoms with Crippen molar-refractivity contribution in [2.45, 2.75) is 18.2 Å². The van der Waals surface area contributed by atoms with Crippen LogP contribution in [0.5, 0.6) is 0 Å². The molecule has 0 unspecified atom stereocenters. The number of pyridine rings is 1. The van der Waals surface area contributed by atoms with Crippen LogP contribution in [0, 0.1) is 0 Å². The van der Waals surface area contributed by atoms with Gasteiger partial charge < -0.3 is 0 Å². The number of hydrogen-bond donors (Lipinski definition) is 1. The predicted octanol–water partition coefficient (Wildman–Crippen LogP) is 1.96. The van der Waals surface area contributed by atoms with Crippen molar-refractivity contribution < 1.29 is 8.42 Å². The number of benzene rings is 1. The topological polar surface area (TPSA) is 73.0 Å². The molecular weight excluding hydrogens is 248 g/mol. The number of rotatable bonds is 3. The summed E-state index contributed by atoms with van der Waals surface area (Å²) >= 11 is 0. The lowest BCUT2D eigenvalue weighted by atomic mass is 10.0. The average molecular weight is 262 g/mol. The van der Waals surface area contributed by atoms with Gasteiger partial charge in [-0.05, 0) is 30.2 Å². The van der Waals surface area contributed by atoms with Crippen molar-refractivity contribution in [2.75, 3.05) is 0 Å². The monoisotopic (exact) mass is 262 g/mol. The molecule has 5 heteroatoms. The van der Waals surface area contributed by atoms with Crippen molar-refractivity contribution in [2.24, 2.45) is 5.14 Å². The Bertz CT molecular complexity index is 649. The summed E-state index contributed by atoms with van der Waals surface area (Å²) in [6.07, 6.45) is 2.58. The van der Waals surface area contributed by atoms with E-state index in [-0.39, 0.29) is 4.90 Å². The van der Waals surface area contributed by atoms with Gasteiger partial charge in [0.15, 0.2) is 0 Å². The van der Waals surface area contributed by atoms with Gasteiger partial charge >= 0.3 is 0 Å². The zero-order valence-corrected chi connectivity index (χ0v) is 10.8. The molecule has 1 aromatic heterocycles. The predicted molar refractivity (Wildman–Crippen MR) is 70.4 cm³/mol. The number of hydrogen-bond acceptors (Lipinski definition) is 3. The molecule has 2 rings (SSSR count). The molecule has 94 valence electrons. The Kier molecular flexibility index (Phi) is 3.45. The maximum atomic E-state index is 11.2. The van der Waals surface area contributed by atoms with Crippen molar-refractivity contribution in [3.05, 3.63) is 48.3 Å². The molecule has 0 amide bonds. The van der Waals surface area contributed by atoms with E-state index >= 15 is 0 Å². The first-order chi connectivity index (χ1) is 8.52. The number of nitrogens with zero attached hydrogens (tertiary/aromatic N) is 1. The van der Waals surface area contributed by atoms with Gasteiger partial charge in [-0.15, -0.1) is 0 Å². The van der Waals surface area contributed by atoms with E-state index in [1.165, 1.54) is 12.1 Å². The van der Waals surface area contributed by atoms with Crippen LogP contribution in [0.3, 0.4) is 0 Å². The Morgan fingerprint density at radius 1 is 1.17 bits per heavy atom. The second-order valence-corrected chi connectivity index (χ2v) is 5.48. The highest BCUT2D eigenvalue weighted by atomic mass is 32.2. The maximum Gasteiger partial charge on any atom is 0.238 e. The van der Waals surface area contributed by atoms with Crippen LogP contribution in [0.4, 0.5) is 0 Å². The molecule has 0 fully saturated rings. The van der Waals surface area contributed by atoms with E-state index in [1.54, 1.807) is 18.3 Å². The first-order valence-corrected chi connectivity index (χ1v) is 7.14. The molecule has 0 spiro atoms. The van der Waals surface area contributed by atoms with Crippen LogP contribution < -0.4 is 5.14 Å². The van der Waals surface area contributed by atoms with E-state index in [1.807, 2.05) is 19.1 Å². The molecule has 1 heterocycles. The summed E-state index contributed by atoms with van der Waals surface area (Å²) < 4.78 is 22.3. The lowest BCUT2D eigenvalue weighted by molar-refractivity contribution is 0.598. The lowest BCUT2D eigenvalue weighted by Gasteiger charge is -2.07. The first-order valence-electron chi connectivity index (χ1n) is 5.59. The van der Waals surface area contributed by atoms with Gasteiger partial charge in [0, 0.05) is 17.5 Å². The minimum absolute atomic E-state index is 0.119. The van der Waals surface area contributed by atoms with Gasteiger partial charge in [0.2, 0.25) is 10.0 Å². The van der Waals surface area contributed by atoms with E-state index < -0.39 is 10.0 Å². The summed E-state index contributed by atoms with van der Waals surface area (Å²) in [5, 5.41) is 5.06. The van der Waals surface area contributed by atoms with Gasteiger partial charge in [-0.25, -0.2) is 13.6 Å². The summed E-state index contributed by atoms with van der Waals surface area (Å²) in [5.41, 5.74) is 2.94. The SMILES string of the molecule is CCc1ncccc1-c1ccc(S(N)(=O)=O)cc1. The summed E-state index contributed by atoms with van der Waals surface area (Å²) in [4.78, 5) is 4.42. The number of aryl methyl sites for hydroxylation is 1. The van der Waals surface area contributed by atoms with Crippen molar-refractivity contribution in [1.29, 1.82) is 0 Å².